The minimum absolute atomic E-state index is 1.00. The van der Waals surface area contributed by atoms with Crippen molar-refractivity contribution in [2.45, 2.75) is 110 Å². The molecule has 0 unspecified atom stereocenters. The van der Waals surface area contributed by atoms with Crippen molar-refractivity contribution >= 4 is 5.69 Å². The molecule has 1 aliphatic heterocycles. The maximum atomic E-state index is 2.44. The number of hydrogen-bond acceptors (Lipinski definition) is 2. The van der Waals surface area contributed by atoms with Crippen LogP contribution in [-0.4, -0.2) is 18.1 Å². The van der Waals surface area contributed by atoms with Crippen LogP contribution in [-0.2, 0) is 0 Å². The Kier molecular flexibility index (Phi) is 13.5. The van der Waals surface area contributed by atoms with Gasteiger partial charge in [0.15, 0.2) is 0 Å². The number of rotatable bonds is 18. The molecule has 0 atom stereocenters. The molecule has 0 fully saturated rings. The Bertz CT molecular complexity index is 511. The molecule has 2 heteroatoms. The number of anilines is 1. The quantitative estimate of drug-likeness (QED) is 0.229. The highest BCUT2D eigenvalue weighted by Crippen LogP contribution is 2.19. The number of para-hydroxylation sites is 1. The highest BCUT2D eigenvalue weighted by atomic mass is 15.3. The average Bonchev–Trinajstić information content (AvgIpc) is 3.23. The molecule has 1 aliphatic rings. The first-order chi connectivity index (χ1) is 14.4. The van der Waals surface area contributed by atoms with Crippen molar-refractivity contribution in [2.24, 2.45) is 0 Å². The molecule has 1 aromatic carbocycles. The summed E-state index contributed by atoms with van der Waals surface area (Å²) < 4.78 is 0. The highest BCUT2D eigenvalue weighted by Gasteiger charge is 2.12. The lowest BCUT2D eigenvalue weighted by Gasteiger charge is -2.21. The zero-order valence-electron chi connectivity index (χ0n) is 19.2. The van der Waals surface area contributed by atoms with Gasteiger partial charge in [0, 0.05) is 24.6 Å². The average molecular weight is 399 g/mol. The molecule has 0 saturated carbocycles. The molecule has 0 amide bonds. The third-order valence-corrected chi connectivity index (χ3v) is 6.18. The molecule has 1 heterocycles. The van der Waals surface area contributed by atoms with Crippen LogP contribution >= 0.6 is 0 Å². The van der Waals surface area contributed by atoms with Gasteiger partial charge >= 0.3 is 0 Å². The molecule has 2 nitrogen and oxygen atoms in total. The molecular weight excluding hydrogens is 352 g/mol. The van der Waals surface area contributed by atoms with Crippen LogP contribution in [0.5, 0.6) is 0 Å². The maximum absolute atomic E-state index is 2.44. The summed E-state index contributed by atoms with van der Waals surface area (Å²) in [7, 11) is 0. The molecule has 0 N–H and O–H groups in total. The van der Waals surface area contributed by atoms with Gasteiger partial charge in [-0.2, -0.15) is 0 Å². The van der Waals surface area contributed by atoms with Gasteiger partial charge in [0.05, 0.1) is 6.67 Å². The summed E-state index contributed by atoms with van der Waals surface area (Å²) in [6.45, 7) is 4.49. The Morgan fingerprint density at radius 1 is 0.586 bits per heavy atom. The fraction of sp³-hybridized carbons (Fsp3) is 0.704. The molecule has 2 rings (SSSR count). The molecule has 0 aliphatic carbocycles. The third-order valence-electron chi connectivity index (χ3n) is 6.18. The van der Waals surface area contributed by atoms with E-state index in [1.165, 1.54) is 115 Å². The molecule has 1 aromatic rings. The van der Waals surface area contributed by atoms with Gasteiger partial charge in [-0.3, -0.25) is 0 Å². The maximum Gasteiger partial charge on any atom is 0.0941 e. The van der Waals surface area contributed by atoms with Crippen molar-refractivity contribution in [3.05, 3.63) is 42.7 Å². The van der Waals surface area contributed by atoms with E-state index in [2.05, 4.69) is 59.5 Å². The number of benzene rings is 1. The largest absolute Gasteiger partial charge is 0.358 e. The van der Waals surface area contributed by atoms with Crippen LogP contribution in [0, 0.1) is 0 Å². The number of nitrogens with zero attached hydrogens (tertiary/aromatic N) is 2. The summed E-state index contributed by atoms with van der Waals surface area (Å²) >= 11 is 0. The van der Waals surface area contributed by atoms with Gasteiger partial charge in [-0.05, 0) is 18.6 Å². The van der Waals surface area contributed by atoms with E-state index < -0.39 is 0 Å². The second kappa shape index (κ2) is 16.4. The molecule has 0 radical (unpaired) electrons. The first kappa shape index (κ1) is 23.8. The van der Waals surface area contributed by atoms with Crippen molar-refractivity contribution in [2.75, 3.05) is 18.1 Å². The highest BCUT2D eigenvalue weighted by molar-refractivity contribution is 5.49. The molecule has 0 spiro atoms. The Morgan fingerprint density at radius 3 is 1.59 bits per heavy atom. The summed E-state index contributed by atoms with van der Waals surface area (Å²) in [6, 6.07) is 10.7. The van der Waals surface area contributed by atoms with Crippen molar-refractivity contribution in [1.29, 1.82) is 0 Å². The predicted molar refractivity (Wildman–Crippen MR) is 129 cm³/mol. The fourth-order valence-electron chi connectivity index (χ4n) is 4.26. The summed E-state index contributed by atoms with van der Waals surface area (Å²) in [5.74, 6) is 0. The van der Waals surface area contributed by atoms with Gasteiger partial charge in [-0.15, -0.1) is 0 Å². The van der Waals surface area contributed by atoms with Crippen LogP contribution in [0.1, 0.15) is 110 Å². The molecule has 164 valence electrons. The van der Waals surface area contributed by atoms with E-state index in [9.17, 15) is 0 Å². The van der Waals surface area contributed by atoms with Gasteiger partial charge in [0.2, 0.25) is 0 Å². The van der Waals surface area contributed by atoms with Gasteiger partial charge in [0.1, 0.15) is 0 Å². The lowest BCUT2D eigenvalue weighted by molar-refractivity contribution is 0.388. The second-order valence-electron chi connectivity index (χ2n) is 8.86. The third kappa shape index (κ3) is 11.4. The Morgan fingerprint density at radius 2 is 1.07 bits per heavy atom. The summed E-state index contributed by atoms with van der Waals surface area (Å²) in [5, 5.41) is 0. The zero-order valence-corrected chi connectivity index (χ0v) is 19.2. The van der Waals surface area contributed by atoms with E-state index in [0.717, 1.165) is 6.67 Å². The van der Waals surface area contributed by atoms with Crippen LogP contribution in [0.15, 0.2) is 42.7 Å². The van der Waals surface area contributed by atoms with Crippen LogP contribution in [0.4, 0.5) is 5.69 Å². The Balaban J connectivity index is 1.30. The van der Waals surface area contributed by atoms with Crippen LogP contribution in [0.3, 0.4) is 0 Å². The van der Waals surface area contributed by atoms with Crippen LogP contribution in [0.25, 0.3) is 0 Å². The van der Waals surface area contributed by atoms with Gasteiger partial charge in [-0.25, -0.2) is 0 Å². The standard InChI is InChI=1S/C27H46N2/c1-2-3-4-5-6-7-8-9-10-11-12-13-14-15-16-20-23-28-24-25-29(26-28)27-21-18-17-19-22-27/h17-19,21-22,24-25H,2-16,20,23,26H2,1H3. The molecule has 0 saturated heterocycles. The number of unbranched alkanes of at least 4 members (excludes halogenated alkanes) is 15. The van der Waals surface area contributed by atoms with E-state index in [1.807, 2.05) is 0 Å². The Hall–Kier alpha value is -1.44. The monoisotopic (exact) mass is 398 g/mol. The second-order valence-corrected chi connectivity index (χ2v) is 8.86. The van der Waals surface area contributed by atoms with Gasteiger partial charge < -0.3 is 9.80 Å². The van der Waals surface area contributed by atoms with E-state index in [1.54, 1.807) is 0 Å². The lowest BCUT2D eigenvalue weighted by Crippen LogP contribution is -2.25. The predicted octanol–water partition coefficient (Wildman–Crippen LogP) is 8.50. The van der Waals surface area contributed by atoms with E-state index >= 15 is 0 Å². The SMILES string of the molecule is CCCCCCCCCCCCCCCCCCN1C=CN(c2ccccc2)C1. The Labute approximate surface area is 181 Å². The van der Waals surface area contributed by atoms with E-state index in [0.29, 0.717) is 0 Å². The van der Waals surface area contributed by atoms with Crippen LogP contribution in [0.2, 0.25) is 0 Å². The fourth-order valence-corrected chi connectivity index (χ4v) is 4.26. The molecule has 29 heavy (non-hydrogen) atoms. The van der Waals surface area contributed by atoms with E-state index in [-0.39, 0.29) is 0 Å². The molecular formula is C27H46N2. The normalized spacial score (nSPS) is 13.6. The lowest BCUT2D eigenvalue weighted by atomic mass is 10.0. The molecule has 0 bridgehead atoms. The van der Waals surface area contributed by atoms with Crippen molar-refractivity contribution in [3.8, 4) is 0 Å². The minimum Gasteiger partial charge on any atom is -0.358 e. The van der Waals surface area contributed by atoms with Crippen molar-refractivity contribution in [1.82, 2.24) is 4.90 Å². The van der Waals surface area contributed by atoms with Gasteiger partial charge in [0.25, 0.3) is 0 Å². The minimum atomic E-state index is 1.00. The zero-order chi connectivity index (χ0) is 20.4. The smallest absolute Gasteiger partial charge is 0.0941 e. The topological polar surface area (TPSA) is 6.48 Å². The van der Waals surface area contributed by atoms with Crippen molar-refractivity contribution in [3.63, 3.8) is 0 Å². The first-order valence-electron chi connectivity index (χ1n) is 12.6. The van der Waals surface area contributed by atoms with E-state index in [4.69, 9.17) is 0 Å². The van der Waals surface area contributed by atoms with Crippen molar-refractivity contribution < 1.29 is 0 Å². The summed E-state index contributed by atoms with van der Waals surface area (Å²) in [5.41, 5.74) is 1.29. The van der Waals surface area contributed by atoms with Gasteiger partial charge in [-0.1, -0.05) is 121 Å². The summed E-state index contributed by atoms with van der Waals surface area (Å²) in [6.07, 6.45) is 27.4. The summed E-state index contributed by atoms with van der Waals surface area (Å²) in [4.78, 5) is 4.77. The first-order valence-corrected chi connectivity index (χ1v) is 12.6. The van der Waals surface area contributed by atoms with Crippen LogP contribution < -0.4 is 4.90 Å². The molecule has 0 aromatic heterocycles. The number of hydrogen-bond donors (Lipinski definition) is 0.